The van der Waals surface area contributed by atoms with Gasteiger partial charge in [-0.25, -0.2) is 0 Å². The topological polar surface area (TPSA) is 49.8 Å². The number of carbonyl (C=O) groups excluding carboxylic acids is 1. The fourth-order valence-electron chi connectivity index (χ4n) is 4.28. The molecular formula is C18H22BrNO3. The molecule has 1 N–H and O–H groups in total. The molecule has 2 unspecified atom stereocenters. The van der Waals surface area contributed by atoms with Gasteiger partial charge in [-0.3, -0.25) is 9.69 Å². The lowest BCUT2D eigenvalue weighted by Gasteiger charge is -2.33. The van der Waals surface area contributed by atoms with Crippen molar-refractivity contribution >= 4 is 21.9 Å². The van der Waals surface area contributed by atoms with Crippen LogP contribution in [0.3, 0.4) is 0 Å². The van der Waals surface area contributed by atoms with E-state index >= 15 is 0 Å². The van der Waals surface area contributed by atoms with Gasteiger partial charge in [0.05, 0.1) is 5.41 Å². The first-order valence-electron chi connectivity index (χ1n) is 8.41. The molecule has 0 bridgehead atoms. The Bertz CT molecular complexity index is 630. The van der Waals surface area contributed by atoms with Crippen molar-refractivity contribution in [2.45, 2.75) is 43.8 Å². The van der Waals surface area contributed by atoms with Crippen LogP contribution in [0.2, 0.25) is 0 Å². The van der Waals surface area contributed by atoms with E-state index in [0.29, 0.717) is 6.54 Å². The van der Waals surface area contributed by atoms with Gasteiger partial charge in [0.15, 0.2) is 0 Å². The number of nitrogens with zero attached hydrogens (tertiary/aromatic N) is 1. The normalized spacial score (nSPS) is 33.0. The molecule has 1 aliphatic carbocycles. The van der Waals surface area contributed by atoms with Crippen molar-refractivity contribution in [3.05, 3.63) is 34.3 Å². The second kappa shape index (κ2) is 5.57. The smallest absolute Gasteiger partial charge is 0.312 e. The van der Waals surface area contributed by atoms with Gasteiger partial charge in [0.2, 0.25) is 0 Å². The summed E-state index contributed by atoms with van der Waals surface area (Å²) in [5.41, 5.74) is -0.0146. The van der Waals surface area contributed by atoms with Crippen LogP contribution in [0.5, 0.6) is 0 Å². The molecule has 1 spiro atoms. The van der Waals surface area contributed by atoms with E-state index in [1.165, 1.54) is 0 Å². The summed E-state index contributed by atoms with van der Waals surface area (Å²) in [5, 5.41) is 11.0. The van der Waals surface area contributed by atoms with Gasteiger partial charge in [-0.15, -0.1) is 0 Å². The summed E-state index contributed by atoms with van der Waals surface area (Å²) in [7, 11) is 0. The van der Waals surface area contributed by atoms with E-state index in [1.807, 2.05) is 24.3 Å². The number of aliphatic hydroxyl groups is 1. The molecule has 1 aromatic rings. The molecule has 0 aromatic heterocycles. The van der Waals surface area contributed by atoms with Crippen molar-refractivity contribution in [1.82, 2.24) is 4.90 Å². The molecule has 5 heteroatoms. The minimum absolute atomic E-state index is 0.00680. The van der Waals surface area contributed by atoms with E-state index in [-0.39, 0.29) is 17.5 Å². The maximum Gasteiger partial charge on any atom is 0.312 e. The third kappa shape index (κ3) is 2.73. The van der Waals surface area contributed by atoms with Crippen LogP contribution in [0.15, 0.2) is 28.7 Å². The number of hydrogen-bond acceptors (Lipinski definition) is 4. The number of ether oxygens (including phenoxy) is 1. The van der Waals surface area contributed by atoms with Gasteiger partial charge in [0.25, 0.3) is 0 Å². The molecule has 0 radical (unpaired) electrons. The monoisotopic (exact) mass is 379 g/mol. The first-order chi connectivity index (χ1) is 11.0. The Morgan fingerprint density at radius 2 is 2.17 bits per heavy atom. The van der Waals surface area contributed by atoms with Crippen LogP contribution in [-0.4, -0.2) is 41.7 Å². The molecule has 1 saturated carbocycles. The van der Waals surface area contributed by atoms with E-state index in [0.717, 1.165) is 55.2 Å². The van der Waals surface area contributed by atoms with E-state index in [1.54, 1.807) is 0 Å². The molecule has 4 rings (SSSR count). The van der Waals surface area contributed by atoms with E-state index < -0.39 is 5.60 Å². The molecule has 2 saturated heterocycles. The van der Waals surface area contributed by atoms with Crippen LogP contribution < -0.4 is 0 Å². The van der Waals surface area contributed by atoms with E-state index in [9.17, 15) is 9.90 Å². The highest BCUT2D eigenvalue weighted by Crippen LogP contribution is 2.50. The number of cyclic esters (lactones) is 1. The van der Waals surface area contributed by atoms with Gasteiger partial charge in [-0.2, -0.15) is 0 Å². The minimum atomic E-state index is -0.805. The van der Waals surface area contributed by atoms with Crippen LogP contribution in [0.1, 0.15) is 37.7 Å². The fraction of sp³-hybridized carbons (Fsp3) is 0.611. The third-order valence-corrected chi connectivity index (χ3v) is 6.28. The Labute approximate surface area is 144 Å². The van der Waals surface area contributed by atoms with Gasteiger partial charge in [-0.1, -0.05) is 34.5 Å². The molecule has 3 aliphatic rings. The largest absolute Gasteiger partial charge is 0.461 e. The molecule has 2 atom stereocenters. The van der Waals surface area contributed by atoms with Crippen molar-refractivity contribution in [3.63, 3.8) is 0 Å². The quantitative estimate of drug-likeness (QED) is 0.820. The van der Waals surface area contributed by atoms with Crippen LogP contribution in [0.4, 0.5) is 0 Å². The molecular weight excluding hydrogens is 358 g/mol. The molecule has 124 valence electrons. The van der Waals surface area contributed by atoms with Gasteiger partial charge in [0, 0.05) is 30.5 Å². The first kappa shape index (κ1) is 15.6. The van der Waals surface area contributed by atoms with Crippen molar-refractivity contribution in [1.29, 1.82) is 0 Å². The number of carbonyl (C=O) groups is 1. The van der Waals surface area contributed by atoms with Crippen molar-refractivity contribution in [2.75, 3.05) is 19.6 Å². The SMILES string of the molecule is O=C1OC(CN2CCC(O)(c3cccc(Br)c3)C2)CC12CCC2. The Morgan fingerprint density at radius 1 is 1.35 bits per heavy atom. The van der Waals surface area contributed by atoms with Gasteiger partial charge in [-0.05, 0) is 37.0 Å². The van der Waals surface area contributed by atoms with Crippen LogP contribution in [-0.2, 0) is 15.1 Å². The Balaban J connectivity index is 1.40. The molecule has 2 aliphatic heterocycles. The number of esters is 1. The Morgan fingerprint density at radius 3 is 2.83 bits per heavy atom. The van der Waals surface area contributed by atoms with Crippen LogP contribution in [0.25, 0.3) is 0 Å². The lowest BCUT2D eigenvalue weighted by Crippen LogP contribution is -2.36. The molecule has 2 heterocycles. The molecule has 3 fully saturated rings. The summed E-state index contributed by atoms with van der Waals surface area (Å²) in [6.45, 7) is 2.18. The minimum Gasteiger partial charge on any atom is -0.461 e. The fourth-order valence-corrected chi connectivity index (χ4v) is 4.68. The van der Waals surface area contributed by atoms with Gasteiger partial charge in [0.1, 0.15) is 11.7 Å². The number of rotatable bonds is 3. The van der Waals surface area contributed by atoms with Crippen LogP contribution in [0, 0.1) is 5.41 Å². The average molecular weight is 380 g/mol. The standard InChI is InChI=1S/C18H22BrNO3/c19-14-4-1-3-13(9-14)18(22)7-8-20(12-18)11-15-10-17(5-2-6-17)16(21)23-15/h1,3-4,9,15,22H,2,5-8,10-12H2. The number of β-amino-alcohol motifs (C(OH)–C–C–N with tert-alkyl or cyclic N) is 1. The first-order valence-corrected chi connectivity index (χ1v) is 9.20. The van der Waals surface area contributed by atoms with Crippen molar-refractivity contribution in [2.24, 2.45) is 5.41 Å². The molecule has 4 nitrogen and oxygen atoms in total. The molecule has 0 amide bonds. The number of likely N-dealkylation sites (tertiary alicyclic amines) is 1. The zero-order chi connectivity index (χ0) is 16.1. The van der Waals surface area contributed by atoms with Crippen LogP contribution >= 0.6 is 15.9 Å². The second-order valence-corrected chi connectivity index (χ2v) is 8.31. The highest BCUT2D eigenvalue weighted by atomic mass is 79.9. The van der Waals surface area contributed by atoms with Gasteiger partial charge >= 0.3 is 5.97 Å². The zero-order valence-electron chi connectivity index (χ0n) is 13.1. The summed E-state index contributed by atoms with van der Waals surface area (Å²) < 4.78 is 6.59. The summed E-state index contributed by atoms with van der Waals surface area (Å²) in [5.74, 6) is 0.00944. The highest BCUT2D eigenvalue weighted by molar-refractivity contribution is 9.10. The lowest BCUT2D eigenvalue weighted by atomic mass is 9.67. The molecule has 1 aromatic carbocycles. The summed E-state index contributed by atoms with van der Waals surface area (Å²) in [6.07, 6.45) is 4.70. The van der Waals surface area contributed by atoms with Gasteiger partial charge < -0.3 is 9.84 Å². The maximum absolute atomic E-state index is 12.1. The predicted octanol–water partition coefficient (Wildman–Crippen LogP) is 2.83. The summed E-state index contributed by atoms with van der Waals surface area (Å²) in [6, 6.07) is 7.89. The zero-order valence-corrected chi connectivity index (χ0v) is 14.7. The summed E-state index contributed by atoms with van der Waals surface area (Å²) >= 11 is 3.47. The predicted molar refractivity (Wildman–Crippen MR) is 89.9 cm³/mol. The summed E-state index contributed by atoms with van der Waals surface area (Å²) in [4.78, 5) is 14.3. The average Bonchev–Trinajstić information content (AvgIpc) is 3.00. The van der Waals surface area contributed by atoms with Crippen molar-refractivity contribution < 1.29 is 14.6 Å². The molecule has 23 heavy (non-hydrogen) atoms. The Hall–Kier alpha value is -0.910. The third-order valence-electron chi connectivity index (χ3n) is 5.79. The van der Waals surface area contributed by atoms with Crippen molar-refractivity contribution in [3.8, 4) is 0 Å². The van der Waals surface area contributed by atoms with E-state index in [4.69, 9.17) is 4.74 Å². The number of halogens is 1. The van der Waals surface area contributed by atoms with E-state index in [2.05, 4.69) is 20.8 Å². The maximum atomic E-state index is 12.1. The number of benzene rings is 1. The lowest BCUT2D eigenvalue weighted by molar-refractivity contribution is -0.152. The highest BCUT2D eigenvalue weighted by Gasteiger charge is 2.53. The number of hydrogen-bond donors (Lipinski definition) is 1. The second-order valence-electron chi connectivity index (χ2n) is 7.39. The Kier molecular flexibility index (Phi) is 3.78.